The van der Waals surface area contributed by atoms with Crippen LogP contribution in [-0.2, 0) is 23.9 Å². The zero-order valence-electron chi connectivity index (χ0n) is 21.7. The third-order valence-electron chi connectivity index (χ3n) is 7.46. The molecule has 2 aromatic heterocycles. The maximum absolute atomic E-state index is 13.4. The predicted octanol–water partition coefficient (Wildman–Crippen LogP) is 5.75. The van der Waals surface area contributed by atoms with Crippen molar-refractivity contribution < 1.29 is 18.0 Å². The van der Waals surface area contributed by atoms with E-state index in [1.54, 1.807) is 12.1 Å². The molecule has 204 valence electrons. The number of nitrogens with zero attached hydrogens (tertiary/aromatic N) is 3. The van der Waals surface area contributed by atoms with Gasteiger partial charge in [0, 0.05) is 49.4 Å². The summed E-state index contributed by atoms with van der Waals surface area (Å²) in [5, 5.41) is 0.834. The van der Waals surface area contributed by atoms with Gasteiger partial charge in [0.1, 0.15) is 0 Å². The van der Waals surface area contributed by atoms with Crippen molar-refractivity contribution in [1.82, 2.24) is 14.9 Å². The summed E-state index contributed by atoms with van der Waals surface area (Å²) in [5.74, 6) is -0.532. The van der Waals surface area contributed by atoms with Gasteiger partial charge in [0.05, 0.1) is 34.2 Å². The summed E-state index contributed by atoms with van der Waals surface area (Å²) in [7, 11) is 0. The second-order valence-electron chi connectivity index (χ2n) is 10.2. The molecule has 0 bridgehead atoms. The molecule has 3 heterocycles. The van der Waals surface area contributed by atoms with Crippen LogP contribution < -0.4 is 10.6 Å². The summed E-state index contributed by atoms with van der Waals surface area (Å²) in [6.45, 7) is 4.61. The van der Waals surface area contributed by atoms with E-state index in [4.69, 9.17) is 10.7 Å². The summed E-state index contributed by atoms with van der Waals surface area (Å²) in [5.41, 5.74) is 10.5. The predicted molar refractivity (Wildman–Crippen MR) is 151 cm³/mol. The van der Waals surface area contributed by atoms with Crippen LogP contribution in [0.5, 0.6) is 0 Å². The fourth-order valence-corrected chi connectivity index (χ4v) is 5.44. The molecule has 1 aliphatic rings. The second kappa shape index (κ2) is 10.3. The Hall–Kier alpha value is -4.37. The highest BCUT2D eigenvalue weighted by molar-refractivity contribution is 6.08. The zero-order valence-corrected chi connectivity index (χ0v) is 21.7. The van der Waals surface area contributed by atoms with Crippen LogP contribution in [0.15, 0.2) is 78.9 Å². The number of carbonyl (C=O) groups is 1. The Morgan fingerprint density at radius 1 is 0.925 bits per heavy atom. The number of fused-ring (bicyclic) bond motifs is 3. The number of H-pyrrole nitrogens is 1. The van der Waals surface area contributed by atoms with E-state index in [1.807, 2.05) is 12.1 Å². The number of hydrogen-bond donors (Lipinski definition) is 2. The van der Waals surface area contributed by atoms with E-state index >= 15 is 0 Å². The van der Waals surface area contributed by atoms with E-state index < -0.39 is 17.6 Å². The fraction of sp³-hybridized carbons (Fsp3) is 0.226. The highest BCUT2D eigenvalue weighted by Crippen LogP contribution is 2.35. The first kappa shape index (κ1) is 25.9. The molecule has 0 saturated carbocycles. The maximum atomic E-state index is 13.4. The molecule has 6 nitrogen and oxygen atoms in total. The third-order valence-corrected chi connectivity index (χ3v) is 7.46. The third kappa shape index (κ3) is 5.24. The number of aromatic nitrogens is 2. The summed E-state index contributed by atoms with van der Waals surface area (Å²) in [6.07, 6.45) is -4.53. The number of anilines is 1. The number of nitrogens with two attached hydrogens (primary N) is 1. The molecule has 0 atom stereocenters. The maximum Gasteiger partial charge on any atom is 0.416 e. The summed E-state index contributed by atoms with van der Waals surface area (Å²) < 4.78 is 40.1. The number of nitrogens with one attached hydrogen (secondary N) is 1. The zero-order chi connectivity index (χ0) is 27.9. The number of alkyl halides is 3. The lowest BCUT2D eigenvalue weighted by Gasteiger charge is -2.36. The molecule has 1 aliphatic heterocycles. The Kier molecular flexibility index (Phi) is 6.67. The molecule has 1 saturated heterocycles. The van der Waals surface area contributed by atoms with Gasteiger partial charge in [-0.2, -0.15) is 13.2 Å². The molecule has 3 N–H and O–H groups in total. The smallest absolute Gasteiger partial charge is 0.369 e. The van der Waals surface area contributed by atoms with Gasteiger partial charge in [-0.3, -0.25) is 9.69 Å². The highest BCUT2D eigenvalue weighted by Gasteiger charge is 2.30. The van der Waals surface area contributed by atoms with Crippen LogP contribution in [0.4, 0.5) is 18.9 Å². The van der Waals surface area contributed by atoms with E-state index in [9.17, 15) is 18.0 Å². The minimum atomic E-state index is -4.47. The molecular weight excluding hydrogens is 515 g/mol. The first-order chi connectivity index (χ1) is 19.2. The Morgan fingerprint density at radius 2 is 1.70 bits per heavy atom. The van der Waals surface area contributed by atoms with Crippen LogP contribution in [-0.4, -0.2) is 47.0 Å². The van der Waals surface area contributed by atoms with Gasteiger partial charge in [0.25, 0.3) is 0 Å². The molecule has 40 heavy (non-hydrogen) atoms. The quantitative estimate of drug-likeness (QED) is 0.286. The van der Waals surface area contributed by atoms with Crippen LogP contribution in [0, 0.1) is 0 Å². The number of halogens is 3. The van der Waals surface area contributed by atoms with Crippen molar-refractivity contribution >= 4 is 33.5 Å². The Morgan fingerprint density at radius 3 is 2.42 bits per heavy atom. The molecule has 1 fully saturated rings. The van der Waals surface area contributed by atoms with E-state index in [2.05, 4.69) is 51.2 Å². The molecule has 6 rings (SSSR count). The second-order valence-corrected chi connectivity index (χ2v) is 10.2. The number of benzene rings is 3. The molecule has 3 aromatic carbocycles. The number of hydrogen-bond acceptors (Lipinski definition) is 4. The lowest BCUT2D eigenvalue weighted by Crippen LogP contribution is -2.45. The average Bonchev–Trinajstić information content (AvgIpc) is 3.32. The minimum Gasteiger partial charge on any atom is -0.369 e. The molecule has 1 amide bonds. The van der Waals surface area contributed by atoms with Crippen molar-refractivity contribution in [2.24, 2.45) is 5.73 Å². The molecule has 0 aliphatic carbocycles. The van der Waals surface area contributed by atoms with Gasteiger partial charge >= 0.3 is 6.18 Å². The lowest BCUT2D eigenvalue weighted by molar-refractivity contribution is -0.137. The first-order valence-corrected chi connectivity index (χ1v) is 13.2. The number of rotatable bonds is 6. The van der Waals surface area contributed by atoms with Gasteiger partial charge in [0.2, 0.25) is 5.91 Å². The van der Waals surface area contributed by atoms with Crippen molar-refractivity contribution in [1.29, 1.82) is 0 Å². The Balaban J connectivity index is 1.32. The van der Waals surface area contributed by atoms with E-state index in [0.717, 1.165) is 61.4 Å². The topological polar surface area (TPSA) is 78.2 Å². The monoisotopic (exact) mass is 543 g/mol. The molecule has 0 radical (unpaired) electrons. The first-order valence-electron chi connectivity index (χ1n) is 13.2. The molecule has 0 spiro atoms. The van der Waals surface area contributed by atoms with Gasteiger partial charge in [-0.25, -0.2) is 4.98 Å². The van der Waals surface area contributed by atoms with Crippen LogP contribution in [0.25, 0.3) is 33.2 Å². The standard InChI is InChI=1S/C31H28F3N5O/c32-31(33,34)23-8-4-7-21(15-23)26-16-22(17-28(35)40)29-30(36-26)25-10-9-24(18-27(25)37-29)39-13-11-38(12-14-39)19-20-5-2-1-3-6-20/h1-10,15-16,18,37H,11-14,17,19H2,(H2,35,40). The van der Waals surface area contributed by atoms with Gasteiger partial charge in [-0.1, -0.05) is 42.5 Å². The fourth-order valence-electron chi connectivity index (χ4n) is 5.44. The molecule has 0 unspecified atom stereocenters. The van der Waals surface area contributed by atoms with Crippen LogP contribution >= 0.6 is 0 Å². The molecule has 5 aromatic rings. The number of piperazine rings is 1. The number of carbonyl (C=O) groups excluding carboxylic acids is 1. The van der Waals surface area contributed by atoms with Crippen molar-refractivity contribution in [2.75, 3.05) is 31.1 Å². The number of amides is 1. The summed E-state index contributed by atoms with van der Waals surface area (Å²) in [6, 6.07) is 23.2. The minimum absolute atomic E-state index is 0.0615. The molecule has 9 heteroatoms. The normalized spacial score (nSPS) is 14.7. The molecular formula is C31H28F3N5O. The van der Waals surface area contributed by atoms with E-state index in [1.165, 1.54) is 11.6 Å². The van der Waals surface area contributed by atoms with Crippen LogP contribution in [0.1, 0.15) is 16.7 Å². The van der Waals surface area contributed by atoms with E-state index in [-0.39, 0.29) is 6.42 Å². The van der Waals surface area contributed by atoms with Gasteiger partial charge in [-0.05, 0) is 47.5 Å². The van der Waals surface area contributed by atoms with Gasteiger partial charge in [0.15, 0.2) is 0 Å². The Labute approximate surface area is 229 Å². The number of pyridine rings is 1. The van der Waals surface area contributed by atoms with Crippen molar-refractivity contribution in [3.63, 3.8) is 0 Å². The lowest BCUT2D eigenvalue weighted by atomic mass is 10.0. The number of primary amides is 1. The Bertz CT molecular complexity index is 1690. The highest BCUT2D eigenvalue weighted by atomic mass is 19.4. The van der Waals surface area contributed by atoms with Crippen LogP contribution in [0.2, 0.25) is 0 Å². The SMILES string of the molecule is NC(=O)Cc1cc(-c2cccc(C(F)(F)F)c2)nc2c1[nH]c1cc(N3CCN(Cc4ccccc4)CC3)ccc12. The number of aromatic amines is 1. The summed E-state index contributed by atoms with van der Waals surface area (Å²) >= 11 is 0. The van der Waals surface area contributed by atoms with Gasteiger partial charge in [-0.15, -0.1) is 0 Å². The average molecular weight is 544 g/mol. The van der Waals surface area contributed by atoms with Gasteiger partial charge < -0.3 is 15.6 Å². The van der Waals surface area contributed by atoms with Crippen molar-refractivity contribution in [3.8, 4) is 11.3 Å². The summed E-state index contributed by atoms with van der Waals surface area (Å²) in [4.78, 5) is 24.8. The van der Waals surface area contributed by atoms with Crippen LogP contribution in [0.3, 0.4) is 0 Å². The van der Waals surface area contributed by atoms with E-state index in [0.29, 0.717) is 27.9 Å². The largest absolute Gasteiger partial charge is 0.416 e. The van der Waals surface area contributed by atoms with Crippen molar-refractivity contribution in [3.05, 3.63) is 95.6 Å². The van der Waals surface area contributed by atoms with Crippen molar-refractivity contribution in [2.45, 2.75) is 19.1 Å².